The van der Waals surface area contributed by atoms with Crippen molar-refractivity contribution < 1.29 is 9.18 Å². The van der Waals surface area contributed by atoms with E-state index in [9.17, 15) is 4.79 Å². The second-order valence-electron chi connectivity index (χ2n) is 6.45. The van der Waals surface area contributed by atoms with Crippen LogP contribution in [0.25, 0.3) is 10.2 Å². The van der Waals surface area contributed by atoms with Gasteiger partial charge < -0.3 is 10.6 Å². The lowest BCUT2D eigenvalue weighted by Gasteiger charge is -2.43. The maximum absolute atomic E-state index is 16.9. The molecular weight excluding hydrogens is 387 g/mol. The van der Waals surface area contributed by atoms with Crippen LogP contribution in [0.1, 0.15) is 11.1 Å². The number of primary amides is 1. The lowest BCUT2D eigenvalue weighted by Crippen LogP contribution is -2.56. The number of piperazine rings is 1. The molecule has 1 aliphatic heterocycles. The molecule has 27 heavy (non-hydrogen) atoms. The van der Waals surface area contributed by atoms with Gasteiger partial charge in [-0.2, -0.15) is 0 Å². The lowest BCUT2D eigenvalue weighted by molar-refractivity contribution is -0.0271. The van der Waals surface area contributed by atoms with Crippen molar-refractivity contribution >= 4 is 39.2 Å². The average molecular weight is 405 g/mol. The first-order chi connectivity index (χ1) is 13.0. The number of halogens is 2. The highest BCUT2D eigenvalue weighted by Gasteiger charge is 2.43. The number of nitrogens with two attached hydrogens (primary N) is 1. The number of benzene rings is 2. The molecule has 1 unspecified atom stereocenters. The summed E-state index contributed by atoms with van der Waals surface area (Å²) >= 11 is 7.86. The average Bonchev–Trinajstić information content (AvgIpc) is 3.15. The Morgan fingerprint density at radius 3 is 2.63 bits per heavy atom. The number of thiazole rings is 1. The van der Waals surface area contributed by atoms with E-state index in [0.29, 0.717) is 42.3 Å². The van der Waals surface area contributed by atoms with E-state index in [1.807, 2.05) is 12.1 Å². The van der Waals surface area contributed by atoms with E-state index in [0.717, 1.165) is 10.2 Å². The molecule has 3 aromatic rings. The fourth-order valence-electron chi connectivity index (χ4n) is 3.53. The Morgan fingerprint density at radius 2 is 1.93 bits per heavy atom. The van der Waals surface area contributed by atoms with E-state index < -0.39 is 11.8 Å². The minimum Gasteiger partial charge on any atom is -0.351 e. The van der Waals surface area contributed by atoms with E-state index in [-0.39, 0.29) is 0 Å². The van der Waals surface area contributed by atoms with Gasteiger partial charge in [0.1, 0.15) is 0 Å². The van der Waals surface area contributed by atoms with Crippen molar-refractivity contribution in [2.45, 2.75) is 5.79 Å². The van der Waals surface area contributed by atoms with Crippen molar-refractivity contribution in [3.63, 3.8) is 0 Å². The molecule has 2 N–H and O–H groups in total. The van der Waals surface area contributed by atoms with E-state index >= 15 is 4.39 Å². The number of fused-ring (bicyclic) bond motifs is 1. The fourth-order valence-corrected chi connectivity index (χ4v) is 4.51. The normalized spacial score (nSPS) is 17.8. The maximum Gasteiger partial charge on any atom is 0.314 e. The number of rotatable bonds is 3. The number of amides is 2. The topological polar surface area (TPSA) is 62.5 Å². The molecule has 2 heterocycles. The third-order valence-electron chi connectivity index (χ3n) is 4.97. The van der Waals surface area contributed by atoms with Crippen LogP contribution in [0.15, 0.2) is 48.0 Å². The third-order valence-corrected chi connectivity index (χ3v) is 6.09. The summed E-state index contributed by atoms with van der Waals surface area (Å²) in [5, 5.41) is 0.363. The van der Waals surface area contributed by atoms with Gasteiger partial charge in [-0.1, -0.05) is 35.9 Å². The Labute approximate surface area is 165 Å². The zero-order chi connectivity index (χ0) is 19.0. The smallest absolute Gasteiger partial charge is 0.314 e. The molecule has 1 saturated heterocycles. The third kappa shape index (κ3) is 3.16. The number of nitrogens with zero attached hydrogens (tertiary/aromatic N) is 3. The van der Waals surface area contributed by atoms with Crippen LogP contribution in [0.5, 0.6) is 0 Å². The Kier molecular flexibility index (Phi) is 4.75. The molecule has 5 nitrogen and oxygen atoms in total. The monoisotopic (exact) mass is 404 g/mol. The first kappa shape index (κ1) is 18.2. The van der Waals surface area contributed by atoms with Crippen LogP contribution in [0.3, 0.4) is 0 Å². The minimum absolute atomic E-state index is 0.353. The van der Waals surface area contributed by atoms with Crippen LogP contribution >= 0.6 is 22.9 Å². The van der Waals surface area contributed by atoms with Crippen molar-refractivity contribution in [2.24, 2.45) is 5.73 Å². The molecule has 1 aliphatic rings. The van der Waals surface area contributed by atoms with Gasteiger partial charge in [0.25, 0.3) is 0 Å². The quantitative estimate of drug-likeness (QED) is 0.675. The van der Waals surface area contributed by atoms with Gasteiger partial charge in [-0.25, -0.2) is 14.2 Å². The SMILES string of the molecule is NC(=O)N1CCN(C(F)(c2ccc3ncsc3c2)c2ccccc2Cl)CC1. The minimum atomic E-state index is -1.92. The summed E-state index contributed by atoms with van der Waals surface area (Å²) in [6.07, 6.45) is 0. The van der Waals surface area contributed by atoms with Crippen molar-refractivity contribution in [2.75, 3.05) is 26.2 Å². The summed E-state index contributed by atoms with van der Waals surface area (Å²) in [5.41, 5.74) is 8.84. The van der Waals surface area contributed by atoms with Crippen LogP contribution < -0.4 is 5.73 Å². The molecule has 0 spiro atoms. The fraction of sp³-hybridized carbons (Fsp3) is 0.263. The number of carbonyl (C=O) groups is 1. The predicted octanol–water partition coefficient (Wildman–Crippen LogP) is 3.82. The summed E-state index contributed by atoms with van der Waals surface area (Å²) < 4.78 is 17.8. The molecule has 1 fully saturated rings. The molecule has 2 amide bonds. The Hall–Kier alpha value is -2.22. The Bertz CT molecular complexity index is 989. The van der Waals surface area contributed by atoms with Gasteiger partial charge in [-0.15, -0.1) is 11.3 Å². The van der Waals surface area contributed by atoms with Crippen molar-refractivity contribution in [1.82, 2.24) is 14.8 Å². The van der Waals surface area contributed by atoms with E-state index in [2.05, 4.69) is 4.98 Å². The van der Waals surface area contributed by atoms with E-state index in [1.165, 1.54) is 16.2 Å². The summed E-state index contributed by atoms with van der Waals surface area (Å²) in [6.45, 7) is 1.44. The highest BCUT2D eigenvalue weighted by Crippen LogP contribution is 2.42. The highest BCUT2D eigenvalue weighted by molar-refractivity contribution is 7.16. The van der Waals surface area contributed by atoms with Gasteiger partial charge in [0.05, 0.1) is 15.7 Å². The van der Waals surface area contributed by atoms with Gasteiger partial charge in [0, 0.05) is 42.3 Å². The van der Waals surface area contributed by atoms with Crippen molar-refractivity contribution in [3.8, 4) is 0 Å². The molecule has 0 radical (unpaired) electrons. The summed E-state index contributed by atoms with van der Waals surface area (Å²) in [4.78, 5) is 18.9. The summed E-state index contributed by atoms with van der Waals surface area (Å²) in [5.74, 6) is -1.92. The van der Waals surface area contributed by atoms with Crippen LogP contribution in [0.2, 0.25) is 5.02 Å². The molecule has 0 bridgehead atoms. The van der Waals surface area contributed by atoms with Crippen LogP contribution in [0, 0.1) is 0 Å². The number of urea groups is 1. The number of hydrogen-bond acceptors (Lipinski definition) is 4. The Morgan fingerprint density at radius 1 is 1.19 bits per heavy atom. The first-order valence-corrected chi connectivity index (χ1v) is 9.83. The second-order valence-corrected chi connectivity index (χ2v) is 7.74. The summed E-state index contributed by atoms with van der Waals surface area (Å²) in [7, 11) is 0. The van der Waals surface area contributed by atoms with Crippen molar-refractivity contribution in [3.05, 3.63) is 64.1 Å². The standard InChI is InChI=1S/C19H18ClFN4OS/c20-15-4-2-1-3-14(15)19(21,25-9-7-24(8-10-25)18(22)26)13-5-6-16-17(11-13)27-12-23-16/h1-6,11-12H,7-10H2,(H2,22,26). The van der Waals surface area contributed by atoms with Gasteiger partial charge in [0.15, 0.2) is 0 Å². The van der Waals surface area contributed by atoms with Gasteiger partial charge in [0.2, 0.25) is 5.79 Å². The van der Waals surface area contributed by atoms with Crippen LogP contribution in [0.4, 0.5) is 9.18 Å². The molecule has 4 rings (SSSR count). The Balaban J connectivity index is 1.80. The number of carbonyl (C=O) groups excluding carboxylic acids is 1. The second kappa shape index (κ2) is 7.07. The molecule has 1 atom stereocenters. The van der Waals surface area contributed by atoms with Crippen LogP contribution in [-0.2, 0) is 5.79 Å². The molecular formula is C19H18ClFN4OS. The predicted molar refractivity (Wildman–Crippen MR) is 106 cm³/mol. The van der Waals surface area contributed by atoms with Gasteiger partial charge in [-0.05, 0) is 18.2 Å². The molecule has 1 aromatic heterocycles. The summed E-state index contributed by atoms with van der Waals surface area (Å²) in [6, 6.07) is 11.9. The highest BCUT2D eigenvalue weighted by atomic mass is 35.5. The molecule has 0 saturated carbocycles. The number of aromatic nitrogens is 1. The largest absolute Gasteiger partial charge is 0.351 e. The molecule has 140 valence electrons. The number of alkyl halides is 1. The maximum atomic E-state index is 16.9. The molecule has 8 heteroatoms. The zero-order valence-corrected chi connectivity index (χ0v) is 16.0. The first-order valence-electron chi connectivity index (χ1n) is 8.57. The molecule has 2 aromatic carbocycles. The number of hydrogen-bond donors (Lipinski definition) is 1. The zero-order valence-electron chi connectivity index (χ0n) is 14.4. The van der Waals surface area contributed by atoms with Gasteiger partial charge in [-0.3, -0.25) is 4.90 Å². The van der Waals surface area contributed by atoms with Crippen LogP contribution in [-0.4, -0.2) is 47.0 Å². The van der Waals surface area contributed by atoms with Crippen molar-refractivity contribution in [1.29, 1.82) is 0 Å². The van der Waals surface area contributed by atoms with E-state index in [1.54, 1.807) is 40.7 Å². The molecule has 0 aliphatic carbocycles. The van der Waals surface area contributed by atoms with E-state index in [4.69, 9.17) is 17.3 Å². The lowest BCUT2D eigenvalue weighted by atomic mass is 9.93. The van der Waals surface area contributed by atoms with Gasteiger partial charge >= 0.3 is 6.03 Å².